The third-order valence-corrected chi connectivity index (χ3v) is 12.3. The fraction of sp³-hybridized carbons (Fsp3) is 0. The highest BCUT2D eigenvalue weighted by Gasteiger charge is 2.16. The molecule has 0 spiro atoms. The fourth-order valence-corrected chi connectivity index (χ4v) is 9.73. The van der Waals surface area contributed by atoms with E-state index in [1.807, 2.05) is 28.9 Å². The molecule has 0 bridgehead atoms. The maximum absolute atomic E-state index is 5.15. The molecular weight excluding hydrogens is 673 g/mol. The van der Waals surface area contributed by atoms with Gasteiger partial charge in [0.15, 0.2) is 17.5 Å². The van der Waals surface area contributed by atoms with Crippen LogP contribution in [0, 0.1) is 0 Å². The van der Waals surface area contributed by atoms with Gasteiger partial charge in [-0.2, -0.15) is 0 Å². The van der Waals surface area contributed by atoms with Gasteiger partial charge in [-0.3, -0.25) is 4.98 Å². The summed E-state index contributed by atoms with van der Waals surface area (Å²) < 4.78 is 5.13. The van der Waals surface area contributed by atoms with Crippen molar-refractivity contribution in [1.29, 1.82) is 0 Å². The molecule has 11 aromatic rings. The molecule has 242 valence electrons. The first kappa shape index (κ1) is 29.4. The second-order valence-electron chi connectivity index (χ2n) is 13.0. The Morgan fingerprint density at radius 2 is 0.923 bits per heavy atom. The Labute approximate surface area is 306 Å². The lowest BCUT2D eigenvalue weighted by molar-refractivity contribution is 1.08. The number of hydrogen-bond acceptors (Lipinski definition) is 6. The van der Waals surface area contributed by atoms with Crippen LogP contribution in [0.15, 0.2) is 158 Å². The van der Waals surface area contributed by atoms with Crippen molar-refractivity contribution in [3.05, 3.63) is 158 Å². The third-order valence-electron chi connectivity index (χ3n) is 9.98. The summed E-state index contributed by atoms with van der Waals surface area (Å²) in [7, 11) is 0. The van der Waals surface area contributed by atoms with E-state index < -0.39 is 0 Å². The number of pyridine rings is 1. The molecule has 4 heterocycles. The van der Waals surface area contributed by atoms with Crippen LogP contribution < -0.4 is 0 Å². The van der Waals surface area contributed by atoms with Gasteiger partial charge in [0, 0.05) is 74.2 Å². The van der Waals surface area contributed by atoms with Gasteiger partial charge in [-0.25, -0.2) is 15.0 Å². The molecule has 0 radical (unpaired) electrons. The minimum Gasteiger partial charge on any atom is -0.256 e. The Morgan fingerprint density at radius 3 is 1.73 bits per heavy atom. The van der Waals surface area contributed by atoms with E-state index in [9.17, 15) is 0 Å². The van der Waals surface area contributed by atoms with Gasteiger partial charge in [-0.1, -0.05) is 109 Å². The van der Waals surface area contributed by atoms with E-state index in [1.165, 1.54) is 51.1 Å². The Balaban J connectivity index is 1.07. The zero-order valence-electron chi connectivity index (χ0n) is 27.6. The van der Waals surface area contributed by atoms with Gasteiger partial charge in [0.05, 0.1) is 5.69 Å². The van der Waals surface area contributed by atoms with Gasteiger partial charge >= 0.3 is 0 Å². The summed E-state index contributed by atoms with van der Waals surface area (Å²) in [5, 5.41) is 9.76. The van der Waals surface area contributed by atoms with Crippen LogP contribution in [0.4, 0.5) is 0 Å². The molecule has 0 amide bonds. The highest BCUT2D eigenvalue weighted by molar-refractivity contribution is 7.26. The molecule has 0 fully saturated rings. The van der Waals surface area contributed by atoms with E-state index >= 15 is 0 Å². The molecule has 0 aliphatic carbocycles. The Morgan fingerprint density at radius 1 is 0.346 bits per heavy atom. The summed E-state index contributed by atoms with van der Waals surface area (Å²) in [4.78, 5) is 20.1. The van der Waals surface area contributed by atoms with Gasteiger partial charge in [0.2, 0.25) is 0 Å². The van der Waals surface area contributed by atoms with Crippen LogP contribution in [0.1, 0.15) is 0 Å². The maximum atomic E-state index is 5.15. The average Bonchev–Trinajstić information content (AvgIpc) is 3.79. The zero-order chi connectivity index (χ0) is 34.2. The van der Waals surface area contributed by atoms with Crippen LogP contribution in [-0.4, -0.2) is 19.9 Å². The second kappa shape index (κ2) is 11.6. The zero-order valence-corrected chi connectivity index (χ0v) is 29.2. The average molecular weight is 699 g/mol. The quantitative estimate of drug-likeness (QED) is 0.184. The summed E-state index contributed by atoms with van der Waals surface area (Å²) >= 11 is 3.66. The smallest absolute Gasteiger partial charge is 0.164 e. The molecule has 0 saturated heterocycles. The monoisotopic (exact) mass is 698 g/mol. The van der Waals surface area contributed by atoms with Gasteiger partial charge < -0.3 is 0 Å². The Hall–Kier alpha value is -6.34. The van der Waals surface area contributed by atoms with Crippen LogP contribution in [0.2, 0.25) is 0 Å². The molecule has 0 saturated carbocycles. The SMILES string of the molecule is c1ccc2c(-c3ccc(-c4nc(-c5ccc6c(ccc7c8ccccc8sc67)c5)nc(-c5ccc6sc7ccccc7c6c5)n4)cc3)nccc2c1. The van der Waals surface area contributed by atoms with Crippen molar-refractivity contribution >= 4 is 84.6 Å². The normalized spacial score (nSPS) is 11.8. The van der Waals surface area contributed by atoms with Crippen LogP contribution >= 0.6 is 22.7 Å². The Bertz CT molecular complexity index is 3190. The van der Waals surface area contributed by atoms with Crippen molar-refractivity contribution in [3.63, 3.8) is 0 Å². The van der Waals surface area contributed by atoms with Gasteiger partial charge in [-0.15, -0.1) is 22.7 Å². The van der Waals surface area contributed by atoms with Crippen molar-refractivity contribution in [2.45, 2.75) is 0 Å². The summed E-state index contributed by atoms with van der Waals surface area (Å²) in [6, 6.07) is 53.7. The van der Waals surface area contributed by atoms with Crippen molar-refractivity contribution < 1.29 is 0 Å². The predicted octanol–water partition coefficient (Wildman–Crippen LogP) is 13.0. The van der Waals surface area contributed by atoms with Crippen LogP contribution in [-0.2, 0) is 0 Å². The van der Waals surface area contributed by atoms with Crippen LogP contribution in [0.3, 0.4) is 0 Å². The number of fused-ring (bicyclic) bond motifs is 9. The molecule has 0 atom stereocenters. The minimum atomic E-state index is 0.632. The van der Waals surface area contributed by atoms with E-state index in [4.69, 9.17) is 19.9 Å². The van der Waals surface area contributed by atoms with Crippen LogP contribution in [0.25, 0.3) is 107 Å². The standard InChI is InChI=1S/C46H26N4S2/c1-2-8-33-27(7-1)23-24-47-42(33)28-13-15-29(16-14-28)44-48-45(50-46(49-44)32-19-22-41-38(26-32)36-10-4-5-11-39(36)51-41)31-18-20-34-30(25-31)17-21-37-35-9-3-6-12-40(35)52-43(34)37/h1-26H. The molecule has 0 N–H and O–H groups in total. The fourth-order valence-electron chi connectivity index (χ4n) is 7.41. The second-order valence-corrected chi connectivity index (χ2v) is 15.2. The lowest BCUT2D eigenvalue weighted by atomic mass is 10.0. The van der Waals surface area contributed by atoms with E-state index in [0.29, 0.717) is 17.5 Å². The van der Waals surface area contributed by atoms with Crippen molar-refractivity contribution in [2.24, 2.45) is 0 Å². The van der Waals surface area contributed by atoms with E-state index in [0.717, 1.165) is 38.7 Å². The largest absolute Gasteiger partial charge is 0.256 e. The molecule has 0 unspecified atom stereocenters. The molecule has 0 aliphatic rings. The van der Waals surface area contributed by atoms with Gasteiger partial charge in [-0.05, 0) is 58.6 Å². The topological polar surface area (TPSA) is 51.6 Å². The summed E-state index contributed by atoms with van der Waals surface area (Å²) in [5.74, 6) is 1.93. The van der Waals surface area contributed by atoms with Crippen molar-refractivity contribution in [1.82, 2.24) is 19.9 Å². The first-order valence-corrected chi connectivity index (χ1v) is 18.8. The van der Waals surface area contributed by atoms with E-state index in [1.54, 1.807) is 0 Å². The summed E-state index contributed by atoms with van der Waals surface area (Å²) in [6.07, 6.45) is 1.87. The summed E-state index contributed by atoms with van der Waals surface area (Å²) in [5.41, 5.74) is 4.85. The molecule has 7 aromatic carbocycles. The first-order chi connectivity index (χ1) is 25.7. The highest BCUT2D eigenvalue weighted by Crippen LogP contribution is 2.40. The first-order valence-electron chi connectivity index (χ1n) is 17.2. The number of hydrogen-bond donors (Lipinski definition) is 0. The number of thiophene rings is 2. The van der Waals surface area contributed by atoms with Crippen molar-refractivity contribution in [2.75, 3.05) is 0 Å². The molecule has 6 heteroatoms. The number of aromatic nitrogens is 4. The molecule has 11 rings (SSSR count). The third kappa shape index (κ3) is 4.73. The van der Waals surface area contributed by atoms with Crippen LogP contribution in [0.5, 0.6) is 0 Å². The molecule has 4 nitrogen and oxygen atoms in total. The molecule has 52 heavy (non-hydrogen) atoms. The predicted molar refractivity (Wildman–Crippen MR) is 220 cm³/mol. The minimum absolute atomic E-state index is 0.632. The summed E-state index contributed by atoms with van der Waals surface area (Å²) in [6.45, 7) is 0. The van der Waals surface area contributed by atoms with Crippen molar-refractivity contribution in [3.8, 4) is 45.4 Å². The van der Waals surface area contributed by atoms with E-state index in [2.05, 4.69) is 152 Å². The molecule has 4 aromatic heterocycles. The molecule has 0 aliphatic heterocycles. The lowest BCUT2D eigenvalue weighted by Gasteiger charge is -2.10. The lowest BCUT2D eigenvalue weighted by Crippen LogP contribution is -2.00. The van der Waals surface area contributed by atoms with Gasteiger partial charge in [0.1, 0.15) is 0 Å². The maximum Gasteiger partial charge on any atom is 0.164 e. The number of nitrogens with zero attached hydrogens (tertiary/aromatic N) is 4. The number of benzene rings is 7. The Kier molecular flexibility index (Phi) is 6.56. The molecular formula is C46H26N4S2. The van der Waals surface area contributed by atoms with E-state index in [-0.39, 0.29) is 0 Å². The highest BCUT2D eigenvalue weighted by atomic mass is 32.1. The van der Waals surface area contributed by atoms with Gasteiger partial charge in [0.25, 0.3) is 0 Å². The number of rotatable bonds is 4.